The molecular weight excluding hydrogens is 326 g/mol. The van der Waals surface area contributed by atoms with Crippen LogP contribution in [0.5, 0.6) is 0 Å². The molecule has 0 fully saturated rings. The summed E-state index contributed by atoms with van der Waals surface area (Å²) in [6.45, 7) is 0. The lowest BCUT2D eigenvalue weighted by molar-refractivity contribution is 0.601. The fourth-order valence-electron chi connectivity index (χ4n) is 1.52. The standard InChI is InChI=1S/C12H9Cl2FN2O2S/c13-7-1-4-10(16)12(5-7)20(18,19)17-11-6-8(15)2-3-9(11)14/h1-6,17H,16H2. The maximum absolute atomic E-state index is 13.1. The Kier molecular flexibility index (Phi) is 4.08. The molecule has 0 aliphatic rings. The molecule has 0 heterocycles. The molecule has 0 bridgehead atoms. The third-order valence-electron chi connectivity index (χ3n) is 2.44. The molecule has 0 aliphatic carbocycles. The Labute approximate surface area is 125 Å². The summed E-state index contributed by atoms with van der Waals surface area (Å²) in [4.78, 5) is -0.203. The number of halogens is 3. The van der Waals surface area contributed by atoms with E-state index in [1.54, 1.807) is 0 Å². The Balaban J connectivity index is 2.46. The van der Waals surface area contributed by atoms with Crippen molar-refractivity contribution in [3.05, 3.63) is 52.3 Å². The third-order valence-corrected chi connectivity index (χ3v) is 4.42. The molecule has 106 valence electrons. The van der Waals surface area contributed by atoms with Crippen LogP contribution in [-0.2, 0) is 10.0 Å². The van der Waals surface area contributed by atoms with E-state index in [0.29, 0.717) is 0 Å². The molecule has 0 saturated carbocycles. The van der Waals surface area contributed by atoms with E-state index < -0.39 is 15.8 Å². The predicted molar refractivity (Wildman–Crippen MR) is 78.1 cm³/mol. The number of anilines is 2. The van der Waals surface area contributed by atoms with Gasteiger partial charge < -0.3 is 5.73 Å². The second-order valence-electron chi connectivity index (χ2n) is 3.91. The highest BCUT2D eigenvalue weighted by Crippen LogP contribution is 2.28. The quantitative estimate of drug-likeness (QED) is 0.843. The molecule has 20 heavy (non-hydrogen) atoms. The zero-order valence-electron chi connectivity index (χ0n) is 9.90. The van der Waals surface area contributed by atoms with Crippen molar-refractivity contribution in [2.45, 2.75) is 4.90 Å². The lowest BCUT2D eigenvalue weighted by atomic mass is 10.3. The van der Waals surface area contributed by atoms with Gasteiger partial charge >= 0.3 is 0 Å². The number of nitrogens with one attached hydrogen (secondary N) is 1. The molecular formula is C12H9Cl2FN2O2S. The molecule has 2 aromatic carbocycles. The average Bonchev–Trinajstić information content (AvgIpc) is 2.36. The number of hydrogen-bond donors (Lipinski definition) is 2. The Bertz CT molecular complexity index is 766. The van der Waals surface area contributed by atoms with Crippen molar-refractivity contribution in [1.82, 2.24) is 0 Å². The van der Waals surface area contributed by atoms with Gasteiger partial charge in [0, 0.05) is 5.02 Å². The SMILES string of the molecule is Nc1ccc(Cl)cc1S(=O)(=O)Nc1cc(F)ccc1Cl. The van der Waals surface area contributed by atoms with Crippen LogP contribution in [0.4, 0.5) is 15.8 Å². The van der Waals surface area contributed by atoms with Crippen molar-refractivity contribution in [3.8, 4) is 0 Å². The number of benzene rings is 2. The highest BCUT2D eigenvalue weighted by atomic mass is 35.5. The van der Waals surface area contributed by atoms with E-state index in [-0.39, 0.29) is 26.3 Å². The molecule has 0 unspecified atom stereocenters. The van der Waals surface area contributed by atoms with Crippen LogP contribution in [0.1, 0.15) is 0 Å². The van der Waals surface area contributed by atoms with Gasteiger partial charge in [-0.15, -0.1) is 0 Å². The highest BCUT2D eigenvalue weighted by Gasteiger charge is 2.19. The zero-order valence-corrected chi connectivity index (χ0v) is 12.2. The molecule has 3 N–H and O–H groups in total. The fourth-order valence-corrected chi connectivity index (χ4v) is 3.20. The average molecular weight is 335 g/mol. The maximum Gasteiger partial charge on any atom is 0.264 e. The van der Waals surface area contributed by atoms with Gasteiger partial charge in [-0.2, -0.15) is 0 Å². The topological polar surface area (TPSA) is 72.2 Å². The van der Waals surface area contributed by atoms with E-state index >= 15 is 0 Å². The first-order valence-corrected chi connectivity index (χ1v) is 7.56. The number of sulfonamides is 1. The minimum absolute atomic E-state index is 0.0226. The van der Waals surface area contributed by atoms with E-state index in [1.165, 1.54) is 24.3 Å². The monoisotopic (exact) mass is 334 g/mol. The first-order valence-electron chi connectivity index (χ1n) is 5.32. The van der Waals surface area contributed by atoms with Crippen LogP contribution in [0.25, 0.3) is 0 Å². The number of nitrogens with two attached hydrogens (primary N) is 1. The van der Waals surface area contributed by atoms with E-state index in [2.05, 4.69) is 4.72 Å². The molecule has 0 spiro atoms. The van der Waals surface area contributed by atoms with E-state index in [1.807, 2.05) is 0 Å². The van der Waals surface area contributed by atoms with E-state index in [9.17, 15) is 12.8 Å². The second kappa shape index (κ2) is 5.47. The minimum atomic E-state index is -4.02. The molecule has 2 rings (SSSR count). The molecule has 0 radical (unpaired) electrons. The van der Waals surface area contributed by atoms with Crippen molar-refractivity contribution in [1.29, 1.82) is 0 Å². The molecule has 0 aliphatic heterocycles. The van der Waals surface area contributed by atoms with Gasteiger partial charge in [0.1, 0.15) is 10.7 Å². The van der Waals surface area contributed by atoms with Gasteiger partial charge in [-0.25, -0.2) is 12.8 Å². The first kappa shape index (κ1) is 14.9. The fraction of sp³-hybridized carbons (Fsp3) is 0. The van der Waals surface area contributed by atoms with Gasteiger partial charge in [0.05, 0.1) is 16.4 Å². The molecule has 0 atom stereocenters. The van der Waals surface area contributed by atoms with Crippen LogP contribution in [-0.4, -0.2) is 8.42 Å². The second-order valence-corrected chi connectivity index (χ2v) is 6.41. The smallest absolute Gasteiger partial charge is 0.264 e. The molecule has 0 aromatic heterocycles. The van der Waals surface area contributed by atoms with Crippen molar-refractivity contribution >= 4 is 44.6 Å². The Morgan fingerprint density at radius 2 is 1.80 bits per heavy atom. The summed E-state index contributed by atoms with van der Waals surface area (Å²) in [5.74, 6) is -0.619. The van der Waals surface area contributed by atoms with Crippen LogP contribution in [0.2, 0.25) is 10.0 Å². The van der Waals surface area contributed by atoms with Gasteiger partial charge in [-0.05, 0) is 36.4 Å². The van der Waals surface area contributed by atoms with Crippen LogP contribution in [0.3, 0.4) is 0 Å². The number of hydrogen-bond acceptors (Lipinski definition) is 3. The van der Waals surface area contributed by atoms with Crippen molar-refractivity contribution in [2.24, 2.45) is 0 Å². The van der Waals surface area contributed by atoms with Gasteiger partial charge in [-0.1, -0.05) is 23.2 Å². The zero-order chi connectivity index (χ0) is 14.9. The normalized spacial score (nSPS) is 11.3. The summed E-state index contributed by atoms with van der Waals surface area (Å²) in [6.07, 6.45) is 0. The largest absolute Gasteiger partial charge is 0.398 e. The van der Waals surface area contributed by atoms with Crippen LogP contribution >= 0.6 is 23.2 Å². The molecule has 0 saturated heterocycles. The van der Waals surface area contributed by atoms with Crippen LogP contribution in [0.15, 0.2) is 41.3 Å². The van der Waals surface area contributed by atoms with Gasteiger partial charge in [0.2, 0.25) is 0 Å². The van der Waals surface area contributed by atoms with Crippen molar-refractivity contribution < 1.29 is 12.8 Å². The van der Waals surface area contributed by atoms with E-state index in [4.69, 9.17) is 28.9 Å². The van der Waals surface area contributed by atoms with Gasteiger partial charge in [0.25, 0.3) is 10.0 Å². The van der Waals surface area contributed by atoms with Gasteiger partial charge in [0.15, 0.2) is 0 Å². The third kappa shape index (κ3) is 3.15. The highest BCUT2D eigenvalue weighted by molar-refractivity contribution is 7.92. The molecule has 2 aromatic rings. The number of rotatable bonds is 3. The molecule has 0 amide bonds. The minimum Gasteiger partial charge on any atom is -0.398 e. The van der Waals surface area contributed by atoms with E-state index in [0.717, 1.165) is 12.1 Å². The summed E-state index contributed by atoms with van der Waals surface area (Å²) >= 11 is 11.6. The lowest BCUT2D eigenvalue weighted by Gasteiger charge is -2.11. The Morgan fingerprint density at radius 1 is 1.10 bits per heavy atom. The van der Waals surface area contributed by atoms with Crippen molar-refractivity contribution in [2.75, 3.05) is 10.5 Å². The first-order chi connectivity index (χ1) is 9.29. The summed E-state index contributed by atoms with van der Waals surface area (Å²) in [6, 6.07) is 7.37. The summed E-state index contributed by atoms with van der Waals surface area (Å²) in [5, 5.41) is 0.278. The summed E-state index contributed by atoms with van der Waals surface area (Å²) < 4.78 is 39.7. The van der Waals surface area contributed by atoms with Crippen LogP contribution < -0.4 is 10.5 Å². The maximum atomic E-state index is 13.1. The van der Waals surface area contributed by atoms with Crippen LogP contribution in [0, 0.1) is 5.82 Å². The predicted octanol–water partition coefficient (Wildman–Crippen LogP) is 3.52. The molecule has 4 nitrogen and oxygen atoms in total. The Morgan fingerprint density at radius 3 is 2.50 bits per heavy atom. The van der Waals surface area contributed by atoms with Gasteiger partial charge in [-0.3, -0.25) is 4.72 Å². The summed E-state index contributed by atoms with van der Waals surface area (Å²) in [7, 11) is -4.02. The summed E-state index contributed by atoms with van der Waals surface area (Å²) in [5.41, 5.74) is 5.56. The van der Waals surface area contributed by atoms with Crippen molar-refractivity contribution in [3.63, 3.8) is 0 Å². The Hall–Kier alpha value is -1.50. The number of nitrogen functional groups attached to an aromatic ring is 1. The lowest BCUT2D eigenvalue weighted by Crippen LogP contribution is -2.15. The molecule has 8 heteroatoms.